The van der Waals surface area contributed by atoms with Crippen LogP contribution in [0.1, 0.15) is 18.1 Å². The fourth-order valence-electron chi connectivity index (χ4n) is 2.51. The number of hydrogen-bond acceptors (Lipinski definition) is 6. The van der Waals surface area contributed by atoms with Crippen molar-refractivity contribution in [1.82, 2.24) is 20.2 Å². The van der Waals surface area contributed by atoms with E-state index in [1.54, 1.807) is 16.8 Å². The van der Waals surface area contributed by atoms with E-state index in [4.69, 9.17) is 0 Å². The van der Waals surface area contributed by atoms with Gasteiger partial charge in [-0.15, -0.1) is 5.10 Å². The Bertz CT molecular complexity index is 976. The highest BCUT2D eigenvalue weighted by molar-refractivity contribution is 8.00. The van der Waals surface area contributed by atoms with Crippen LogP contribution in [0.15, 0.2) is 53.7 Å². The van der Waals surface area contributed by atoms with Gasteiger partial charge in [0.05, 0.1) is 11.8 Å². The molecule has 3 rings (SSSR count). The number of nitrogens with one attached hydrogen (secondary N) is 1. The van der Waals surface area contributed by atoms with E-state index < -0.39 is 0 Å². The van der Waals surface area contributed by atoms with Crippen LogP contribution < -0.4 is 5.32 Å². The van der Waals surface area contributed by atoms with Crippen molar-refractivity contribution in [2.24, 2.45) is 0 Å². The molecule has 1 heterocycles. The first-order chi connectivity index (χ1) is 13.0. The Kier molecular flexibility index (Phi) is 5.84. The van der Waals surface area contributed by atoms with Gasteiger partial charge in [0, 0.05) is 12.6 Å². The smallest absolute Gasteiger partial charge is 0.221 e. The third-order valence-electron chi connectivity index (χ3n) is 3.79. The summed E-state index contributed by atoms with van der Waals surface area (Å²) in [4.78, 5) is 11.3. The van der Waals surface area contributed by atoms with Gasteiger partial charge in [-0.25, -0.2) is 0 Å². The van der Waals surface area contributed by atoms with E-state index in [1.165, 1.54) is 24.2 Å². The van der Waals surface area contributed by atoms with Crippen LogP contribution in [0, 0.1) is 18.3 Å². The standard InChI is InChI=1S/C19H18N6OS/c1-13-6-8-15(9-7-13)10-18(12-20)27-19-22-23-24-25(19)17-5-3-4-16(11-17)21-14(2)26/h3-9,11,18H,10H2,1-2H3,(H,21,26). The van der Waals surface area contributed by atoms with Gasteiger partial charge in [0.1, 0.15) is 5.25 Å². The van der Waals surface area contributed by atoms with Crippen molar-refractivity contribution in [3.8, 4) is 11.8 Å². The normalized spacial score (nSPS) is 11.6. The average Bonchev–Trinajstić information content (AvgIpc) is 3.11. The van der Waals surface area contributed by atoms with Crippen LogP contribution in [-0.2, 0) is 11.2 Å². The van der Waals surface area contributed by atoms with Crippen LogP contribution in [-0.4, -0.2) is 31.4 Å². The van der Waals surface area contributed by atoms with E-state index in [0.717, 1.165) is 5.56 Å². The van der Waals surface area contributed by atoms with E-state index in [-0.39, 0.29) is 11.2 Å². The number of rotatable bonds is 6. The summed E-state index contributed by atoms with van der Waals surface area (Å²) in [7, 11) is 0. The maximum atomic E-state index is 11.3. The second-order valence-electron chi connectivity index (χ2n) is 6.03. The van der Waals surface area contributed by atoms with Crippen LogP contribution in [0.4, 0.5) is 5.69 Å². The van der Waals surface area contributed by atoms with Gasteiger partial charge in [0.25, 0.3) is 0 Å². The summed E-state index contributed by atoms with van der Waals surface area (Å²) < 4.78 is 1.56. The van der Waals surface area contributed by atoms with E-state index in [0.29, 0.717) is 23.0 Å². The molecule has 2 aromatic carbocycles. The fourth-order valence-corrected chi connectivity index (χ4v) is 3.42. The molecule has 1 amide bonds. The maximum Gasteiger partial charge on any atom is 0.221 e. The molecule has 0 aliphatic carbocycles. The number of carbonyl (C=O) groups is 1. The molecule has 1 aromatic heterocycles. The molecule has 0 radical (unpaired) electrons. The molecule has 7 nitrogen and oxygen atoms in total. The molecular weight excluding hydrogens is 360 g/mol. The Hall–Kier alpha value is -3.18. The van der Waals surface area contributed by atoms with Crippen molar-refractivity contribution >= 4 is 23.4 Å². The second kappa shape index (κ2) is 8.47. The number of nitriles is 1. The topological polar surface area (TPSA) is 96.5 Å². The summed E-state index contributed by atoms with van der Waals surface area (Å²) in [5.74, 6) is -0.152. The number of carbonyl (C=O) groups excluding carboxylic acids is 1. The van der Waals surface area contributed by atoms with E-state index >= 15 is 0 Å². The number of aryl methyl sites for hydroxylation is 1. The van der Waals surface area contributed by atoms with E-state index in [2.05, 4.69) is 26.9 Å². The third-order valence-corrected chi connectivity index (χ3v) is 4.81. The molecule has 27 heavy (non-hydrogen) atoms. The van der Waals surface area contributed by atoms with Gasteiger partial charge in [0.2, 0.25) is 11.1 Å². The number of nitrogens with zero attached hydrogens (tertiary/aromatic N) is 5. The van der Waals surface area contributed by atoms with Crippen LogP contribution >= 0.6 is 11.8 Å². The average molecular weight is 378 g/mol. The Morgan fingerprint density at radius 3 is 2.78 bits per heavy atom. The van der Waals surface area contributed by atoms with Gasteiger partial charge in [-0.3, -0.25) is 4.79 Å². The van der Waals surface area contributed by atoms with E-state index in [9.17, 15) is 10.1 Å². The Morgan fingerprint density at radius 1 is 1.30 bits per heavy atom. The SMILES string of the molecule is CC(=O)Nc1cccc(-n2nnnc2SC(C#N)Cc2ccc(C)cc2)c1. The quantitative estimate of drug-likeness (QED) is 0.662. The molecule has 1 atom stereocenters. The molecule has 0 bridgehead atoms. The van der Waals surface area contributed by atoms with Gasteiger partial charge in [-0.1, -0.05) is 47.7 Å². The Morgan fingerprint density at radius 2 is 2.07 bits per heavy atom. The Labute approximate surface area is 161 Å². The minimum atomic E-state index is -0.323. The third kappa shape index (κ3) is 4.92. The first kappa shape index (κ1) is 18.6. The summed E-state index contributed by atoms with van der Waals surface area (Å²) in [5, 5.41) is 24.3. The Balaban J connectivity index is 1.79. The number of amides is 1. The highest BCUT2D eigenvalue weighted by Crippen LogP contribution is 2.26. The van der Waals surface area contributed by atoms with Crippen LogP contribution in [0.3, 0.4) is 0 Å². The predicted octanol–water partition coefficient (Wildman–Crippen LogP) is 3.16. The molecule has 1 unspecified atom stereocenters. The van der Waals surface area contributed by atoms with E-state index in [1.807, 2.05) is 43.3 Å². The first-order valence-electron chi connectivity index (χ1n) is 8.33. The highest BCUT2D eigenvalue weighted by atomic mass is 32.2. The molecule has 136 valence electrons. The van der Waals surface area contributed by atoms with Crippen molar-refractivity contribution in [2.45, 2.75) is 30.7 Å². The number of anilines is 1. The van der Waals surface area contributed by atoms with Gasteiger partial charge >= 0.3 is 0 Å². The summed E-state index contributed by atoms with van der Waals surface area (Å²) >= 11 is 1.31. The largest absolute Gasteiger partial charge is 0.326 e. The number of hydrogen-bond donors (Lipinski definition) is 1. The summed E-state index contributed by atoms with van der Waals surface area (Å²) in [6.07, 6.45) is 0.597. The summed E-state index contributed by atoms with van der Waals surface area (Å²) in [5.41, 5.74) is 3.64. The minimum Gasteiger partial charge on any atom is -0.326 e. The molecule has 3 aromatic rings. The number of aromatic nitrogens is 4. The number of thioether (sulfide) groups is 1. The minimum absolute atomic E-state index is 0.152. The lowest BCUT2D eigenvalue weighted by Gasteiger charge is -2.10. The van der Waals surface area contributed by atoms with Crippen molar-refractivity contribution in [1.29, 1.82) is 5.26 Å². The zero-order chi connectivity index (χ0) is 19.2. The zero-order valence-corrected chi connectivity index (χ0v) is 15.8. The van der Waals surface area contributed by atoms with Gasteiger partial charge in [-0.2, -0.15) is 9.94 Å². The van der Waals surface area contributed by atoms with Crippen LogP contribution in [0.2, 0.25) is 0 Å². The molecule has 0 saturated carbocycles. The number of tetrazole rings is 1. The molecule has 0 fully saturated rings. The molecular formula is C19H18N6OS. The maximum absolute atomic E-state index is 11.3. The number of benzene rings is 2. The monoisotopic (exact) mass is 378 g/mol. The highest BCUT2D eigenvalue weighted by Gasteiger charge is 2.17. The molecule has 0 spiro atoms. The first-order valence-corrected chi connectivity index (χ1v) is 9.21. The van der Waals surface area contributed by atoms with Crippen LogP contribution in [0.25, 0.3) is 5.69 Å². The lowest BCUT2D eigenvalue weighted by Crippen LogP contribution is -2.08. The molecule has 0 aliphatic rings. The van der Waals surface area contributed by atoms with Gasteiger partial charge in [-0.05, 0) is 47.5 Å². The van der Waals surface area contributed by atoms with Crippen molar-refractivity contribution in [3.63, 3.8) is 0 Å². The predicted molar refractivity (Wildman–Crippen MR) is 104 cm³/mol. The lowest BCUT2D eigenvalue weighted by molar-refractivity contribution is -0.114. The van der Waals surface area contributed by atoms with Crippen LogP contribution in [0.5, 0.6) is 0 Å². The second-order valence-corrected chi connectivity index (χ2v) is 7.20. The summed E-state index contributed by atoms with van der Waals surface area (Å²) in [6, 6.07) is 17.7. The van der Waals surface area contributed by atoms with Crippen molar-refractivity contribution < 1.29 is 4.79 Å². The van der Waals surface area contributed by atoms with Gasteiger partial charge in [0.15, 0.2) is 0 Å². The van der Waals surface area contributed by atoms with Crippen molar-refractivity contribution in [2.75, 3.05) is 5.32 Å². The summed E-state index contributed by atoms with van der Waals surface area (Å²) in [6.45, 7) is 3.48. The lowest BCUT2D eigenvalue weighted by atomic mass is 10.1. The van der Waals surface area contributed by atoms with Crippen molar-refractivity contribution in [3.05, 3.63) is 59.7 Å². The molecule has 0 aliphatic heterocycles. The fraction of sp³-hybridized carbons (Fsp3) is 0.211. The molecule has 1 N–H and O–H groups in total. The zero-order valence-electron chi connectivity index (χ0n) is 15.0. The van der Waals surface area contributed by atoms with Gasteiger partial charge < -0.3 is 5.32 Å². The molecule has 8 heteroatoms. The molecule has 0 saturated heterocycles.